The number of H-pyrrole nitrogens is 1. The van der Waals surface area contributed by atoms with Crippen LogP contribution in [-0.4, -0.2) is 39.7 Å². The first kappa shape index (κ1) is 15.3. The molecular weight excluding hydrogens is 272 g/mol. The van der Waals surface area contributed by atoms with Crippen LogP contribution in [0.1, 0.15) is 31.9 Å². The van der Waals surface area contributed by atoms with Crippen LogP contribution in [0.2, 0.25) is 0 Å². The van der Waals surface area contributed by atoms with E-state index < -0.39 is 18.0 Å². The summed E-state index contributed by atoms with van der Waals surface area (Å²) in [6, 6.07) is -1.39. The topological polar surface area (TPSA) is 107 Å². The van der Waals surface area contributed by atoms with E-state index in [2.05, 4.69) is 27.5 Å². The molecule has 1 heterocycles. The number of urea groups is 1. The van der Waals surface area contributed by atoms with Crippen LogP contribution >= 0.6 is 0 Å². The number of aromatic nitrogens is 2. The Morgan fingerprint density at radius 2 is 2.33 bits per heavy atom. The molecule has 1 saturated carbocycles. The molecule has 7 heteroatoms. The van der Waals surface area contributed by atoms with Crippen LogP contribution in [0, 0.1) is 11.8 Å². The highest BCUT2D eigenvalue weighted by atomic mass is 16.4. The van der Waals surface area contributed by atoms with E-state index in [4.69, 9.17) is 5.11 Å². The van der Waals surface area contributed by atoms with Crippen LogP contribution in [0.15, 0.2) is 12.5 Å². The first-order valence-corrected chi connectivity index (χ1v) is 7.29. The third kappa shape index (κ3) is 4.77. The van der Waals surface area contributed by atoms with Gasteiger partial charge in [0.15, 0.2) is 0 Å². The maximum atomic E-state index is 11.8. The predicted octanol–water partition coefficient (Wildman–Crippen LogP) is 1.14. The Bertz CT molecular complexity index is 475. The highest BCUT2D eigenvalue weighted by Crippen LogP contribution is 2.29. The molecule has 0 aromatic carbocycles. The number of aliphatic carboxylic acids is 1. The molecule has 1 fully saturated rings. The minimum atomic E-state index is -1.06. The van der Waals surface area contributed by atoms with Gasteiger partial charge in [-0.3, -0.25) is 0 Å². The Hall–Kier alpha value is -2.05. The van der Waals surface area contributed by atoms with Crippen molar-refractivity contribution in [2.45, 2.75) is 38.6 Å². The molecule has 0 radical (unpaired) electrons. The summed E-state index contributed by atoms with van der Waals surface area (Å²) in [5.41, 5.74) is 0.673. The molecule has 21 heavy (non-hydrogen) atoms. The van der Waals surface area contributed by atoms with Gasteiger partial charge < -0.3 is 20.7 Å². The van der Waals surface area contributed by atoms with E-state index >= 15 is 0 Å². The summed E-state index contributed by atoms with van der Waals surface area (Å²) in [5.74, 6) is 0.155. The van der Waals surface area contributed by atoms with Gasteiger partial charge in [-0.25, -0.2) is 14.6 Å². The minimum Gasteiger partial charge on any atom is -0.480 e. The number of nitrogens with zero attached hydrogens (tertiary/aromatic N) is 1. The molecule has 1 aliphatic rings. The van der Waals surface area contributed by atoms with Gasteiger partial charge in [0.2, 0.25) is 0 Å². The highest BCUT2D eigenvalue weighted by molar-refractivity contribution is 5.82. The standard InChI is InChI=1S/C14H22N4O3/c1-9-2-3-10(4-9)6-16-14(21)18-12(13(19)20)5-11-7-15-8-17-11/h7-10,12H,2-6H2,1H3,(H,15,17)(H,19,20)(H2,16,18,21)/t9?,10?,12-/m0/s1. The fraction of sp³-hybridized carbons (Fsp3) is 0.643. The van der Waals surface area contributed by atoms with Gasteiger partial charge >= 0.3 is 12.0 Å². The molecule has 1 aromatic rings. The van der Waals surface area contributed by atoms with Crippen LogP contribution in [0.3, 0.4) is 0 Å². The molecule has 0 spiro atoms. The van der Waals surface area contributed by atoms with Crippen molar-refractivity contribution in [3.63, 3.8) is 0 Å². The molecule has 0 bridgehead atoms. The lowest BCUT2D eigenvalue weighted by molar-refractivity contribution is -0.139. The van der Waals surface area contributed by atoms with Crippen LogP contribution in [0.5, 0.6) is 0 Å². The fourth-order valence-corrected chi connectivity index (χ4v) is 2.77. The largest absolute Gasteiger partial charge is 0.480 e. The van der Waals surface area contributed by atoms with Crippen LogP contribution in [0.4, 0.5) is 4.79 Å². The van der Waals surface area contributed by atoms with Crippen molar-refractivity contribution in [1.29, 1.82) is 0 Å². The van der Waals surface area contributed by atoms with E-state index in [1.165, 1.54) is 12.7 Å². The van der Waals surface area contributed by atoms with E-state index in [1.807, 2.05) is 0 Å². The quantitative estimate of drug-likeness (QED) is 0.631. The summed E-state index contributed by atoms with van der Waals surface area (Å²) in [4.78, 5) is 29.7. The van der Waals surface area contributed by atoms with Crippen LogP contribution in [-0.2, 0) is 11.2 Å². The predicted molar refractivity (Wildman–Crippen MR) is 76.8 cm³/mol. The summed E-state index contributed by atoms with van der Waals surface area (Å²) >= 11 is 0. The Morgan fingerprint density at radius 1 is 1.52 bits per heavy atom. The Kier molecular flexibility index (Phi) is 5.19. The molecule has 1 aliphatic carbocycles. The number of carbonyl (C=O) groups excluding carboxylic acids is 1. The molecule has 2 unspecified atom stereocenters. The normalized spacial score (nSPS) is 22.7. The number of imidazole rings is 1. The van der Waals surface area contributed by atoms with Crippen molar-refractivity contribution in [1.82, 2.24) is 20.6 Å². The lowest BCUT2D eigenvalue weighted by Crippen LogP contribution is -2.48. The molecule has 0 aliphatic heterocycles. The van der Waals surface area contributed by atoms with Gasteiger partial charge in [0.05, 0.1) is 6.33 Å². The average molecular weight is 294 g/mol. The maximum absolute atomic E-state index is 11.8. The molecule has 0 saturated heterocycles. The summed E-state index contributed by atoms with van der Waals surface area (Å²) in [6.45, 7) is 2.82. The smallest absolute Gasteiger partial charge is 0.326 e. The van der Waals surface area contributed by atoms with Gasteiger partial charge in [0.1, 0.15) is 6.04 Å². The van der Waals surface area contributed by atoms with Gasteiger partial charge in [-0.05, 0) is 24.7 Å². The molecule has 1 aromatic heterocycles. The van der Waals surface area contributed by atoms with E-state index in [9.17, 15) is 9.59 Å². The summed E-state index contributed by atoms with van der Waals surface area (Å²) in [7, 11) is 0. The molecule has 2 rings (SSSR count). The summed E-state index contributed by atoms with van der Waals surface area (Å²) in [6.07, 6.45) is 6.66. The van der Waals surface area contributed by atoms with E-state index in [0.29, 0.717) is 24.1 Å². The van der Waals surface area contributed by atoms with Crippen molar-refractivity contribution in [2.24, 2.45) is 11.8 Å². The number of carbonyl (C=O) groups is 2. The van der Waals surface area contributed by atoms with Crippen molar-refractivity contribution < 1.29 is 14.7 Å². The second-order valence-corrected chi connectivity index (χ2v) is 5.81. The van der Waals surface area contributed by atoms with Crippen molar-refractivity contribution in [3.05, 3.63) is 18.2 Å². The van der Waals surface area contributed by atoms with Gasteiger partial charge in [0, 0.05) is 24.9 Å². The number of rotatable bonds is 6. The summed E-state index contributed by atoms with van der Waals surface area (Å²) in [5, 5.41) is 14.4. The molecule has 7 nitrogen and oxygen atoms in total. The number of carboxylic acid groups (broad SMARTS) is 1. The lowest BCUT2D eigenvalue weighted by atomic mass is 10.1. The zero-order valence-corrected chi connectivity index (χ0v) is 12.1. The second kappa shape index (κ2) is 7.10. The Labute approximate surface area is 123 Å². The molecule has 3 atom stereocenters. The molecular formula is C14H22N4O3. The van der Waals surface area contributed by atoms with Crippen LogP contribution < -0.4 is 10.6 Å². The number of nitrogens with one attached hydrogen (secondary N) is 3. The fourth-order valence-electron chi connectivity index (χ4n) is 2.77. The number of amides is 2. The number of hydrogen-bond acceptors (Lipinski definition) is 3. The minimum absolute atomic E-state index is 0.184. The number of carboxylic acids is 1. The van der Waals surface area contributed by atoms with E-state index in [0.717, 1.165) is 12.8 Å². The average Bonchev–Trinajstić information content (AvgIpc) is 3.07. The lowest BCUT2D eigenvalue weighted by Gasteiger charge is -2.16. The second-order valence-electron chi connectivity index (χ2n) is 5.81. The van der Waals surface area contributed by atoms with Gasteiger partial charge in [0.25, 0.3) is 0 Å². The van der Waals surface area contributed by atoms with Crippen molar-refractivity contribution in [3.8, 4) is 0 Å². The first-order valence-electron chi connectivity index (χ1n) is 7.29. The monoisotopic (exact) mass is 294 g/mol. The third-order valence-electron chi connectivity index (χ3n) is 3.94. The van der Waals surface area contributed by atoms with Gasteiger partial charge in [-0.2, -0.15) is 0 Å². The molecule has 2 amide bonds. The van der Waals surface area contributed by atoms with Gasteiger partial charge in [-0.15, -0.1) is 0 Å². The zero-order valence-electron chi connectivity index (χ0n) is 12.1. The van der Waals surface area contributed by atoms with E-state index in [-0.39, 0.29) is 6.42 Å². The van der Waals surface area contributed by atoms with Crippen molar-refractivity contribution >= 4 is 12.0 Å². The van der Waals surface area contributed by atoms with Gasteiger partial charge in [-0.1, -0.05) is 13.3 Å². The molecule has 116 valence electrons. The highest BCUT2D eigenvalue weighted by Gasteiger charge is 2.24. The van der Waals surface area contributed by atoms with Crippen LogP contribution in [0.25, 0.3) is 0 Å². The Morgan fingerprint density at radius 3 is 2.90 bits per heavy atom. The zero-order chi connectivity index (χ0) is 15.2. The number of hydrogen-bond donors (Lipinski definition) is 4. The molecule has 4 N–H and O–H groups in total. The first-order chi connectivity index (χ1) is 10.0. The maximum Gasteiger partial charge on any atom is 0.326 e. The van der Waals surface area contributed by atoms with E-state index in [1.54, 1.807) is 6.20 Å². The SMILES string of the molecule is CC1CCC(CNC(=O)N[C@@H](Cc2cnc[nH]2)C(=O)O)C1. The van der Waals surface area contributed by atoms with Crippen molar-refractivity contribution in [2.75, 3.05) is 6.54 Å². The Balaban J connectivity index is 1.77. The third-order valence-corrected chi connectivity index (χ3v) is 3.94. The number of aromatic amines is 1. The summed E-state index contributed by atoms with van der Waals surface area (Å²) < 4.78 is 0.